The van der Waals surface area contributed by atoms with Crippen LogP contribution in [0.15, 0.2) is 23.4 Å². The van der Waals surface area contributed by atoms with Crippen LogP contribution in [0.25, 0.3) is 0 Å². The van der Waals surface area contributed by atoms with Gasteiger partial charge in [-0.05, 0) is 38.0 Å². The number of carbonyl (C=O) groups is 2. The van der Waals surface area contributed by atoms with Gasteiger partial charge in [0.25, 0.3) is 0 Å². The zero-order chi connectivity index (χ0) is 20.0. The van der Waals surface area contributed by atoms with Gasteiger partial charge >= 0.3 is 12.0 Å². The van der Waals surface area contributed by atoms with Crippen molar-refractivity contribution in [3.8, 4) is 11.5 Å². The predicted octanol–water partition coefficient (Wildman–Crippen LogP) is 3.72. The second-order valence-corrected chi connectivity index (χ2v) is 6.27. The Kier molecular flexibility index (Phi) is 7.36. The summed E-state index contributed by atoms with van der Waals surface area (Å²) < 4.78 is 16.1. The molecule has 0 bridgehead atoms. The summed E-state index contributed by atoms with van der Waals surface area (Å²) in [6.45, 7) is 6.19. The summed E-state index contributed by atoms with van der Waals surface area (Å²) in [5.74, 6) is 0.358. The number of urea groups is 1. The molecule has 2 rings (SSSR count). The smallest absolute Gasteiger partial charge is 0.338 e. The van der Waals surface area contributed by atoms with Crippen LogP contribution in [0.5, 0.6) is 11.5 Å². The van der Waals surface area contributed by atoms with E-state index in [0.717, 1.165) is 6.42 Å². The Hall–Kier alpha value is -2.41. The summed E-state index contributed by atoms with van der Waals surface area (Å²) in [5.41, 5.74) is 1.52. The number of carbonyl (C=O) groups excluding carboxylic acids is 2. The number of nitrogens with one attached hydrogen (secondary N) is 2. The van der Waals surface area contributed by atoms with E-state index in [1.165, 1.54) is 7.11 Å². The lowest BCUT2D eigenvalue weighted by atomic mass is 9.93. The van der Waals surface area contributed by atoms with Crippen LogP contribution in [0.1, 0.15) is 45.2 Å². The topological polar surface area (TPSA) is 85.9 Å². The number of halogens is 1. The highest BCUT2D eigenvalue weighted by Gasteiger charge is 2.34. The van der Waals surface area contributed by atoms with E-state index < -0.39 is 12.0 Å². The number of amides is 2. The van der Waals surface area contributed by atoms with E-state index >= 15 is 0 Å². The van der Waals surface area contributed by atoms with Crippen molar-refractivity contribution in [1.82, 2.24) is 10.6 Å². The van der Waals surface area contributed by atoms with E-state index in [0.29, 0.717) is 46.4 Å². The molecule has 1 unspecified atom stereocenters. The van der Waals surface area contributed by atoms with E-state index in [1.807, 2.05) is 13.8 Å². The van der Waals surface area contributed by atoms with Crippen molar-refractivity contribution in [1.29, 1.82) is 0 Å². The molecule has 0 saturated carbocycles. The van der Waals surface area contributed by atoms with Crippen molar-refractivity contribution in [3.05, 3.63) is 34.0 Å². The first-order valence-electron chi connectivity index (χ1n) is 8.94. The third-order valence-electron chi connectivity index (χ3n) is 4.02. The lowest BCUT2D eigenvalue weighted by molar-refractivity contribution is -0.139. The van der Waals surface area contributed by atoms with E-state index in [2.05, 4.69) is 10.6 Å². The molecule has 1 aromatic carbocycles. The maximum Gasteiger partial charge on any atom is 0.338 e. The van der Waals surface area contributed by atoms with E-state index in [9.17, 15) is 9.59 Å². The Labute approximate surface area is 164 Å². The van der Waals surface area contributed by atoms with Crippen LogP contribution >= 0.6 is 11.6 Å². The van der Waals surface area contributed by atoms with Gasteiger partial charge in [-0.2, -0.15) is 0 Å². The van der Waals surface area contributed by atoms with Crippen molar-refractivity contribution in [3.63, 3.8) is 0 Å². The van der Waals surface area contributed by atoms with Crippen LogP contribution in [0.4, 0.5) is 4.79 Å². The van der Waals surface area contributed by atoms with Crippen molar-refractivity contribution < 1.29 is 23.8 Å². The minimum absolute atomic E-state index is 0.232. The second kappa shape index (κ2) is 9.50. The van der Waals surface area contributed by atoms with Gasteiger partial charge in [-0.3, -0.25) is 0 Å². The Balaban J connectivity index is 2.60. The fraction of sp³-hybridized carbons (Fsp3) is 0.474. The first kappa shape index (κ1) is 20.9. The van der Waals surface area contributed by atoms with Crippen LogP contribution in [-0.2, 0) is 9.53 Å². The third kappa shape index (κ3) is 4.66. The molecule has 0 aromatic heterocycles. The van der Waals surface area contributed by atoms with Crippen LogP contribution in [-0.4, -0.2) is 32.3 Å². The molecule has 27 heavy (non-hydrogen) atoms. The zero-order valence-corrected chi connectivity index (χ0v) is 16.7. The van der Waals surface area contributed by atoms with Crippen LogP contribution in [0.2, 0.25) is 5.02 Å². The van der Waals surface area contributed by atoms with Crippen LogP contribution in [0, 0.1) is 0 Å². The minimum Gasteiger partial charge on any atom is -0.491 e. The standard InChI is InChI=1S/C19H25ClN2O5/c1-5-8-13-15(18(23)27-7-3)16(22-19(24)21-13)11-9-12(20)17(25-4)14(10-11)26-6-2/h9-10,16H,5-8H2,1-4H3,(H2,21,22,24). The summed E-state index contributed by atoms with van der Waals surface area (Å²) >= 11 is 6.35. The summed E-state index contributed by atoms with van der Waals surface area (Å²) in [7, 11) is 1.50. The van der Waals surface area contributed by atoms with Crippen LogP contribution in [0.3, 0.4) is 0 Å². The Morgan fingerprint density at radius 2 is 1.96 bits per heavy atom. The highest BCUT2D eigenvalue weighted by Crippen LogP contribution is 2.40. The number of hydrogen-bond acceptors (Lipinski definition) is 5. The quantitative estimate of drug-likeness (QED) is 0.654. The number of ether oxygens (including phenoxy) is 3. The maximum atomic E-state index is 12.6. The van der Waals surface area contributed by atoms with Gasteiger partial charge in [0.15, 0.2) is 11.5 Å². The average Bonchev–Trinajstić information content (AvgIpc) is 2.61. The molecule has 7 nitrogen and oxygen atoms in total. The van der Waals surface area contributed by atoms with Gasteiger partial charge in [0, 0.05) is 5.70 Å². The van der Waals surface area contributed by atoms with Gasteiger partial charge < -0.3 is 24.8 Å². The highest BCUT2D eigenvalue weighted by molar-refractivity contribution is 6.32. The molecule has 0 radical (unpaired) electrons. The van der Waals surface area contributed by atoms with Gasteiger partial charge in [0.05, 0.1) is 37.0 Å². The Morgan fingerprint density at radius 3 is 2.56 bits per heavy atom. The fourth-order valence-electron chi connectivity index (χ4n) is 2.98. The molecule has 148 valence electrons. The molecule has 0 aliphatic carbocycles. The molecule has 1 aliphatic heterocycles. The Morgan fingerprint density at radius 1 is 1.22 bits per heavy atom. The normalized spacial score (nSPS) is 16.5. The maximum absolute atomic E-state index is 12.6. The highest BCUT2D eigenvalue weighted by atomic mass is 35.5. The minimum atomic E-state index is -0.707. The molecule has 2 N–H and O–H groups in total. The summed E-state index contributed by atoms with van der Waals surface area (Å²) in [5, 5.41) is 5.83. The van der Waals surface area contributed by atoms with E-state index in [4.69, 9.17) is 25.8 Å². The zero-order valence-electron chi connectivity index (χ0n) is 16.0. The van der Waals surface area contributed by atoms with Gasteiger partial charge in [0.2, 0.25) is 0 Å². The SMILES string of the molecule is CCCC1=C(C(=O)OCC)C(c2cc(Cl)c(OC)c(OCC)c2)NC(=O)N1. The van der Waals surface area contributed by atoms with Gasteiger partial charge in [-0.25, -0.2) is 9.59 Å². The molecule has 1 atom stereocenters. The molecule has 2 amide bonds. The summed E-state index contributed by atoms with van der Waals surface area (Å²) in [4.78, 5) is 24.8. The number of rotatable bonds is 8. The molecule has 0 spiro atoms. The molecular formula is C19H25ClN2O5. The number of hydrogen-bond donors (Lipinski definition) is 2. The predicted molar refractivity (Wildman–Crippen MR) is 102 cm³/mol. The monoisotopic (exact) mass is 396 g/mol. The number of methoxy groups -OCH3 is 1. The molecule has 8 heteroatoms. The average molecular weight is 397 g/mol. The molecule has 1 aliphatic rings. The van der Waals surface area contributed by atoms with E-state index in [-0.39, 0.29) is 12.6 Å². The second-order valence-electron chi connectivity index (χ2n) is 5.86. The molecule has 1 heterocycles. The molecular weight excluding hydrogens is 372 g/mol. The molecule has 1 aromatic rings. The summed E-state index contributed by atoms with van der Waals surface area (Å²) in [6.07, 6.45) is 1.30. The number of esters is 1. The first-order chi connectivity index (χ1) is 13.0. The summed E-state index contributed by atoms with van der Waals surface area (Å²) in [6, 6.07) is 2.28. The van der Waals surface area contributed by atoms with E-state index in [1.54, 1.807) is 19.1 Å². The molecule has 0 saturated heterocycles. The lowest BCUT2D eigenvalue weighted by Gasteiger charge is -2.30. The lowest BCUT2D eigenvalue weighted by Crippen LogP contribution is -2.46. The largest absolute Gasteiger partial charge is 0.491 e. The van der Waals surface area contributed by atoms with Crippen molar-refractivity contribution in [2.24, 2.45) is 0 Å². The van der Waals surface area contributed by atoms with Crippen LogP contribution < -0.4 is 20.1 Å². The van der Waals surface area contributed by atoms with Crippen molar-refractivity contribution in [2.45, 2.75) is 39.7 Å². The first-order valence-corrected chi connectivity index (χ1v) is 9.32. The van der Waals surface area contributed by atoms with Gasteiger partial charge in [-0.15, -0.1) is 0 Å². The van der Waals surface area contributed by atoms with Crippen molar-refractivity contribution in [2.75, 3.05) is 20.3 Å². The number of benzene rings is 1. The fourth-order valence-corrected chi connectivity index (χ4v) is 3.28. The van der Waals surface area contributed by atoms with Gasteiger partial charge in [-0.1, -0.05) is 24.9 Å². The number of allylic oxidation sites excluding steroid dienone is 1. The molecule has 0 fully saturated rings. The third-order valence-corrected chi connectivity index (χ3v) is 4.30. The van der Waals surface area contributed by atoms with Gasteiger partial charge in [0.1, 0.15) is 0 Å². The van der Waals surface area contributed by atoms with Crippen molar-refractivity contribution >= 4 is 23.6 Å². The Bertz CT molecular complexity index is 748.